The third-order valence-corrected chi connectivity index (χ3v) is 12.3. The summed E-state index contributed by atoms with van der Waals surface area (Å²) in [6.07, 6.45) is 14.3. The van der Waals surface area contributed by atoms with E-state index in [2.05, 4.69) is 33.1 Å². The van der Waals surface area contributed by atoms with Crippen LogP contribution in [0.4, 0.5) is 4.79 Å². The van der Waals surface area contributed by atoms with Crippen LogP contribution in [-0.2, 0) is 29.0 Å². The Balaban J connectivity index is 1.90. The summed E-state index contributed by atoms with van der Waals surface area (Å²) >= 11 is 0. The van der Waals surface area contributed by atoms with Gasteiger partial charge in [0.15, 0.2) is 9.84 Å². The number of terminal acetylenes is 2. The van der Waals surface area contributed by atoms with E-state index < -0.39 is 68.5 Å². The van der Waals surface area contributed by atoms with Crippen molar-refractivity contribution in [3.8, 4) is 24.7 Å². The number of urea groups is 1. The second kappa shape index (κ2) is 17.4. The normalized spacial score (nSPS) is 20.9. The minimum atomic E-state index is -3.75. The van der Waals surface area contributed by atoms with Crippen LogP contribution in [-0.4, -0.2) is 85.4 Å². The zero-order valence-electron chi connectivity index (χ0n) is 31.3. The quantitative estimate of drug-likeness (QED) is 0.178. The number of rotatable bonds is 13. The molecule has 1 aliphatic heterocycles. The third-order valence-electron chi connectivity index (χ3n) is 10.4. The van der Waals surface area contributed by atoms with E-state index in [1.54, 1.807) is 39.0 Å². The number of hydrogen-bond donors (Lipinski definition) is 4. The summed E-state index contributed by atoms with van der Waals surface area (Å²) in [6.45, 7) is 11.4. The molecule has 13 heteroatoms. The van der Waals surface area contributed by atoms with Crippen LogP contribution in [0.1, 0.15) is 92.9 Å². The largest absolute Gasteiger partial charge is 0.344 e. The molecule has 4 atom stereocenters. The van der Waals surface area contributed by atoms with Crippen LogP contribution >= 0.6 is 0 Å². The molecule has 5 amide bonds. The maximum Gasteiger partial charge on any atom is 0.315 e. The molecule has 12 nitrogen and oxygen atoms in total. The van der Waals surface area contributed by atoms with E-state index >= 15 is 0 Å². The van der Waals surface area contributed by atoms with Crippen molar-refractivity contribution in [1.29, 1.82) is 0 Å². The first kappa shape index (κ1) is 42.1. The SMILES string of the molecule is C#CCCC(NC(=O)[C@@H]1CC(C)(C)C(C)CN1C(=O)[C@@H](NC(=O)NC1(CS(=O)(=O)c2ccccc2)CCCCC1)C(C)(C)C)C(=O)C(=O)NCC#C. The Bertz CT molecular complexity index is 1660. The highest BCUT2D eigenvalue weighted by molar-refractivity contribution is 7.91. The molecule has 1 aliphatic carbocycles. The number of nitrogens with zero attached hydrogens (tertiary/aromatic N) is 1. The van der Waals surface area contributed by atoms with Gasteiger partial charge in [0.25, 0.3) is 5.91 Å². The van der Waals surface area contributed by atoms with E-state index in [0.29, 0.717) is 12.8 Å². The fourth-order valence-electron chi connectivity index (χ4n) is 6.93. The molecule has 52 heavy (non-hydrogen) atoms. The molecule has 1 aromatic rings. The van der Waals surface area contributed by atoms with E-state index in [4.69, 9.17) is 12.8 Å². The number of sulfone groups is 1. The molecule has 4 N–H and O–H groups in total. The number of hydrogen-bond acceptors (Lipinski definition) is 7. The highest BCUT2D eigenvalue weighted by Crippen LogP contribution is 2.40. The number of Topliss-reactive ketones (excluding diaryl/α,β-unsaturated/α-hetero) is 1. The zero-order chi connectivity index (χ0) is 38.9. The molecule has 1 aromatic carbocycles. The average Bonchev–Trinajstić information content (AvgIpc) is 3.08. The van der Waals surface area contributed by atoms with E-state index in [0.717, 1.165) is 19.3 Å². The van der Waals surface area contributed by atoms with Gasteiger partial charge in [-0.3, -0.25) is 19.2 Å². The first-order valence-electron chi connectivity index (χ1n) is 17.9. The van der Waals surface area contributed by atoms with Crippen LogP contribution in [0.25, 0.3) is 0 Å². The van der Waals surface area contributed by atoms with Crippen molar-refractivity contribution in [2.45, 2.75) is 121 Å². The summed E-state index contributed by atoms with van der Waals surface area (Å²) in [5.74, 6) is 1.33. The van der Waals surface area contributed by atoms with Crippen LogP contribution in [0.2, 0.25) is 0 Å². The van der Waals surface area contributed by atoms with Crippen molar-refractivity contribution >= 4 is 39.4 Å². The Hall–Kier alpha value is -4.36. The van der Waals surface area contributed by atoms with Crippen molar-refractivity contribution in [3.05, 3.63) is 30.3 Å². The van der Waals surface area contributed by atoms with Gasteiger partial charge >= 0.3 is 6.03 Å². The van der Waals surface area contributed by atoms with Gasteiger partial charge in [-0.2, -0.15) is 0 Å². The average molecular weight is 738 g/mol. The summed E-state index contributed by atoms with van der Waals surface area (Å²) < 4.78 is 27.0. The maximum atomic E-state index is 14.6. The summed E-state index contributed by atoms with van der Waals surface area (Å²) in [6, 6.07) is 4.04. The molecule has 2 unspecified atom stereocenters. The van der Waals surface area contributed by atoms with Gasteiger partial charge in [-0.1, -0.05) is 84.9 Å². The summed E-state index contributed by atoms with van der Waals surface area (Å²) in [7, 11) is -3.75. The van der Waals surface area contributed by atoms with Crippen LogP contribution in [0.3, 0.4) is 0 Å². The standard InChI is InChI=1S/C39H55N5O7S/c1-9-11-20-29(31(45)34(47)40-23-10-2)41-33(46)30-24-38(7,8)27(3)25-44(30)35(48)32(37(4,5)6)42-36(49)43-39(21-16-13-17-22-39)26-52(50,51)28-18-14-12-15-19-28/h1-2,12,14-15,18-19,27,29-30,32H,11,13,16-17,20-26H2,3-8H3,(H,40,47)(H,41,46)(H2,42,43,49)/t27?,29?,30-,32+/m0/s1. The molecule has 2 fully saturated rings. The minimum Gasteiger partial charge on any atom is -0.344 e. The Kier molecular flexibility index (Phi) is 14.1. The Morgan fingerprint density at radius 3 is 2.19 bits per heavy atom. The van der Waals surface area contributed by atoms with Gasteiger partial charge in [0.1, 0.15) is 12.1 Å². The van der Waals surface area contributed by atoms with Crippen LogP contribution in [0, 0.1) is 41.4 Å². The van der Waals surface area contributed by atoms with Crippen molar-refractivity contribution in [2.75, 3.05) is 18.8 Å². The number of amides is 5. The molecule has 2 aliphatic rings. The Morgan fingerprint density at radius 1 is 0.981 bits per heavy atom. The second-order valence-electron chi connectivity index (χ2n) is 16.0. The Labute approximate surface area is 309 Å². The van der Waals surface area contributed by atoms with Gasteiger partial charge in [-0.25, -0.2) is 13.2 Å². The topological polar surface area (TPSA) is 171 Å². The summed E-state index contributed by atoms with van der Waals surface area (Å²) in [5, 5.41) is 10.8. The van der Waals surface area contributed by atoms with Gasteiger partial charge < -0.3 is 26.2 Å². The van der Waals surface area contributed by atoms with Crippen LogP contribution in [0.15, 0.2) is 35.2 Å². The van der Waals surface area contributed by atoms with Crippen molar-refractivity contribution in [2.24, 2.45) is 16.7 Å². The molecular weight excluding hydrogens is 683 g/mol. The first-order chi connectivity index (χ1) is 24.3. The minimum absolute atomic E-state index is 0.000899. The maximum absolute atomic E-state index is 14.6. The number of piperidine rings is 1. The van der Waals surface area contributed by atoms with Gasteiger partial charge in [-0.05, 0) is 54.6 Å². The molecule has 0 aromatic heterocycles. The number of ketones is 1. The van der Waals surface area contributed by atoms with E-state index in [1.165, 1.54) is 17.0 Å². The van der Waals surface area contributed by atoms with Gasteiger partial charge in [0, 0.05) is 13.0 Å². The molecule has 0 spiro atoms. The van der Waals surface area contributed by atoms with E-state index in [9.17, 15) is 32.4 Å². The van der Waals surface area contributed by atoms with E-state index in [-0.39, 0.29) is 54.3 Å². The Morgan fingerprint density at radius 2 is 1.62 bits per heavy atom. The highest BCUT2D eigenvalue weighted by atomic mass is 32.2. The lowest BCUT2D eigenvalue weighted by atomic mass is 9.71. The van der Waals surface area contributed by atoms with Crippen molar-refractivity contribution in [1.82, 2.24) is 26.2 Å². The lowest BCUT2D eigenvalue weighted by molar-refractivity contribution is -0.151. The summed E-state index contributed by atoms with van der Waals surface area (Å²) in [5.41, 5.74) is -2.26. The smallest absolute Gasteiger partial charge is 0.315 e. The summed E-state index contributed by atoms with van der Waals surface area (Å²) in [4.78, 5) is 69.6. The fraction of sp³-hybridized carbons (Fsp3) is 0.615. The number of carbonyl (C=O) groups is 5. The lowest BCUT2D eigenvalue weighted by Gasteiger charge is -2.49. The first-order valence-corrected chi connectivity index (χ1v) is 19.6. The number of benzene rings is 1. The molecule has 1 saturated heterocycles. The van der Waals surface area contributed by atoms with Gasteiger partial charge in [0.05, 0.1) is 28.8 Å². The van der Waals surface area contributed by atoms with Crippen molar-refractivity contribution in [3.63, 3.8) is 0 Å². The molecule has 1 heterocycles. The molecule has 3 rings (SSSR count). The number of carbonyl (C=O) groups excluding carboxylic acids is 5. The lowest BCUT2D eigenvalue weighted by Crippen LogP contribution is -2.66. The molecule has 0 radical (unpaired) electrons. The molecular formula is C39H55N5O7S. The predicted octanol–water partition coefficient (Wildman–Crippen LogP) is 3.36. The predicted molar refractivity (Wildman–Crippen MR) is 199 cm³/mol. The third kappa shape index (κ3) is 10.8. The zero-order valence-corrected chi connectivity index (χ0v) is 32.2. The van der Waals surface area contributed by atoms with Crippen molar-refractivity contribution < 1.29 is 32.4 Å². The van der Waals surface area contributed by atoms with Gasteiger partial charge in [0.2, 0.25) is 17.6 Å². The van der Waals surface area contributed by atoms with Crippen LogP contribution in [0.5, 0.6) is 0 Å². The van der Waals surface area contributed by atoms with E-state index in [1.807, 2.05) is 20.8 Å². The van der Waals surface area contributed by atoms with Crippen LogP contribution < -0.4 is 21.3 Å². The highest BCUT2D eigenvalue weighted by Gasteiger charge is 2.48. The molecule has 0 bridgehead atoms. The fourth-order valence-corrected chi connectivity index (χ4v) is 8.76. The molecule has 284 valence electrons. The van der Waals surface area contributed by atoms with Gasteiger partial charge in [-0.15, -0.1) is 18.8 Å². The molecule has 1 saturated carbocycles. The second-order valence-corrected chi connectivity index (χ2v) is 18.0. The number of nitrogens with one attached hydrogen (secondary N) is 4. The number of likely N-dealkylation sites (tertiary alicyclic amines) is 1. The monoisotopic (exact) mass is 737 g/mol.